The third-order valence-corrected chi connectivity index (χ3v) is 1.65. The summed E-state index contributed by atoms with van der Waals surface area (Å²) in [5.41, 5.74) is 1.39. The summed E-state index contributed by atoms with van der Waals surface area (Å²) in [6.07, 6.45) is 1.66. The highest BCUT2D eigenvalue weighted by Gasteiger charge is 2.11. The summed E-state index contributed by atoms with van der Waals surface area (Å²) in [5, 5.41) is 9.52. The maximum Gasteiger partial charge on any atom is 0.256 e. The van der Waals surface area contributed by atoms with Crippen LogP contribution in [0.25, 0.3) is 0 Å². The van der Waals surface area contributed by atoms with Crippen LogP contribution in [0.5, 0.6) is 5.88 Å². The van der Waals surface area contributed by atoms with Crippen molar-refractivity contribution in [3.8, 4) is 5.88 Å². The summed E-state index contributed by atoms with van der Waals surface area (Å²) in [5.74, 6) is 0.165. The van der Waals surface area contributed by atoms with Crippen LogP contribution in [-0.4, -0.2) is 37.3 Å². The molecule has 0 radical (unpaired) electrons. The van der Waals surface area contributed by atoms with Crippen LogP contribution in [0.1, 0.15) is 15.9 Å². The lowest BCUT2D eigenvalue weighted by atomic mass is 10.2. The summed E-state index contributed by atoms with van der Waals surface area (Å²) in [7, 11) is 4.06. The van der Waals surface area contributed by atoms with E-state index >= 15 is 0 Å². The van der Waals surface area contributed by atoms with Crippen LogP contribution in [0.3, 0.4) is 0 Å². The second-order valence-electron chi connectivity index (χ2n) is 2.65. The Labute approximate surface area is 89.1 Å². The Morgan fingerprint density at radius 3 is 2.60 bits per heavy atom. The number of aliphatic hydroxyl groups is 1. The molecular weight excluding hydrogens is 196 g/mol. The number of ether oxygens (including phenoxy) is 1. The molecule has 0 aromatic carbocycles. The Morgan fingerprint density at radius 1 is 1.53 bits per heavy atom. The van der Waals surface area contributed by atoms with Crippen molar-refractivity contribution in [3.05, 3.63) is 23.4 Å². The number of carbonyl (C=O) groups excluding carboxylic acids is 1. The largest absolute Gasteiger partial charge is 0.480 e. The molecule has 1 aromatic heterocycles. The van der Waals surface area contributed by atoms with Gasteiger partial charge in [-0.3, -0.25) is 4.79 Å². The van der Waals surface area contributed by atoms with Gasteiger partial charge in [0.05, 0.1) is 7.11 Å². The number of aryl methyl sites for hydroxylation is 1. The molecule has 0 aliphatic carbocycles. The number of carbonyl (C=O) groups is 1. The number of rotatable bonds is 2. The Balaban J connectivity index is 0.000000921. The van der Waals surface area contributed by atoms with Crippen molar-refractivity contribution in [2.24, 2.45) is 0 Å². The van der Waals surface area contributed by atoms with Gasteiger partial charge in [0.1, 0.15) is 5.56 Å². The fourth-order valence-corrected chi connectivity index (χ4v) is 1.02. The fourth-order valence-electron chi connectivity index (χ4n) is 1.02. The van der Waals surface area contributed by atoms with Crippen molar-refractivity contribution in [2.75, 3.05) is 21.3 Å². The predicted octanol–water partition coefficient (Wildman–Crippen LogP) is 0.367. The van der Waals surface area contributed by atoms with Gasteiger partial charge in [-0.1, -0.05) is 0 Å². The average Bonchev–Trinajstić information content (AvgIpc) is 2.30. The molecule has 0 saturated carbocycles. The summed E-state index contributed by atoms with van der Waals surface area (Å²) >= 11 is 0. The van der Waals surface area contributed by atoms with Crippen LogP contribution in [0, 0.1) is 6.92 Å². The smallest absolute Gasteiger partial charge is 0.256 e. The molecule has 0 bridgehead atoms. The molecule has 15 heavy (non-hydrogen) atoms. The summed E-state index contributed by atoms with van der Waals surface area (Å²) in [6.45, 7) is 1.87. The highest BCUT2D eigenvalue weighted by molar-refractivity contribution is 5.96. The zero-order valence-corrected chi connectivity index (χ0v) is 9.37. The van der Waals surface area contributed by atoms with Gasteiger partial charge in [-0.05, 0) is 18.6 Å². The van der Waals surface area contributed by atoms with E-state index in [9.17, 15) is 4.79 Å². The van der Waals surface area contributed by atoms with Gasteiger partial charge in [-0.25, -0.2) is 4.98 Å². The highest BCUT2D eigenvalue weighted by Crippen LogP contribution is 2.15. The van der Waals surface area contributed by atoms with Gasteiger partial charge in [0, 0.05) is 20.4 Å². The van der Waals surface area contributed by atoms with Crippen LogP contribution < -0.4 is 10.1 Å². The second-order valence-corrected chi connectivity index (χ2v) is 2.65. The van der Waals surface area contributed by atoms with Crippen LogP contribution in [0.4, 0.5) is 0 Å². The molecule has 0 aliphatic heterocycles. The minimum atomic E-state index is -0.187. The van der Waals surface area contributed by atoms with E-state index in [4.69, 9.17) is 9.84 Å². The molecule has 5 nitrogen and oxygen atoms in total. The molecule has 1 amide bonds. The lowest BCUT2D eigenvalue weighted by Crippen LogP contribution is -2.19. The van der Waals surface area contributed by atoms with Crippen molar-refractivity contribution in [1.29, 1.82) is 0 Å². The molecule has 0 unspecified atom stereocenters. The van der Waals surface area contributed by atoms with Crippen molar-refractivity contribution in [2.45, 2.75) is 6.92 Å². The first-order valence-electron chi connectivity index (χ1n) is 4.36. The van der Waals surface area contributed by atoms with E-state index < -0.39 is 0 Å². The molecular formula is C10H16N2O3. The molecule has 0 saturated heterocycles. The Morgan fingerprint density at radius 2 is 2.13 bits per heavy atom. The minimum absolute atomic E-state index is 0.187. The van der Waals surface area contributed by atoms with E-state index in [1.54, 1.807) is 19.3 Å². The average molecular weight is 212 g/mol. The number of hydrogen-bond acceptors (Lipinski definition) is 4. The number of amides is 1. The van der Waals surface area contributed by atoms with Gasteiger partial charge in [-0.2, -0.15) is 0 Å². The number of nitrogens with one attached hydrogen (secondary N) is 1. The van der Waals surface area contributed by atoms with Crippen LogP contribution >= 0.6 is 0 Å². The van der Waals surface area contributed by atoms with Crippen LogP contribution in [0.15, 0.2) is 12.3 Å². The fraction of sp³-hybridized carbons (Fsp3) is 0.400. The van der Waals surface area contributed by atoms with Crippen molar-refractivity contribution >= 4 is 5.91 Å². The van der Waals surface area contributed by atoms with E-state index in [-0.39, 0.29) is 5.91 Å². The van der Waals surface area contributed by atoms with Crippen LogP contribution in [0.2, 0.25) is 0 Å². The molecule has 5 heteroatoms. The third kappa shape index (κ3) is 3.55. The maximum atomic E-state index is 11.3. The van der Waals surface area contributed by atoms with Gasteiger partial charge in [0.25, 0.3) is 5.91 Å². The van der Waals surface area contributed by atoms with Gasteiger partial charge in [-0.15, -0.1) is 0 Å². The molecule has 1 rings (SSSR count). The van der Waals surface area contributed by atoms with Gasteiger partial charge in [0.15, 0.2) is 0 Å². The Hall–Kier alpha value is -1.62. The molecule has 0 spiro atoms. The van der Waals surface area contributed by atoms with Gasteiger partial charge >= 0.3 is 0 Å². The maximum absolute atomic E-state index is 11.3. The molecule has 0 fully saturated rings. The Bertz CT molecular complexity index is 326. The summed E-state index contributed by atoms with van der Waals surface area (Å²) in [6, 6.07) is 1.74. The molecule has 84 valence electrons. The standard InChI is InChI=1S/C9H12N2O2.CH4O/c1-6-4-7(8(12)10-2)9(13-3)11-5-6;1-2/h4-5H,1-3H3,(H,10,12);2H,1H3. The number of hydrogen-bond donors (Lipinski definition) is 2. The van der Waals surface area contributed by atoms with Gasteiger partial charge in [0.2, 0.25) is 5.88 Å². The zero-order valence-electron chi connectivity index (χ0n) is 9.37. The first-order chi connectivity index (χ1) is 7.19. The molecule has 0 atom stereocenters. The van der Waals surface area contributed by atoms with E-state index in [0.717, 1.165) is 12.7 Å². The van der Waals surface area contributed by atoms with E-state index in [2.05, 4.69) is 10.3 Å². The third-order valence-electron chi connectivity index (χ3n) is 1.65. The monoisotopic (exact) mass is 212 g/mol. The molecule has 2 N–H and O–H groups in total. The zero-order chi connectivity index (χ0) is 11.8. The lowest BCUT2D eigenvalue weighted by Gasteiger charge is -2.06. The lowest BCUT2D eigenvalue weighted by molar-refractivity contribution is 0.0959. The SMILES string of the molecule is CNC(=O)c1cc(C)cnc1OC.CO. The molecule has 1 heterocycles. The predicted molar refractivity (Wildman–Crippen MR) is 57.1 cm³/mol. The number of nitrogens with zero attached hydrogens (tertiary/aromatic N) is 1. The first kappa shape index (κ1) is 13.4. The van der Waals surface area contributed by atoms with Gasteiger partial charge < -0.3 is 15.2 Å². The van der Waals surface area contributed by atoms with E-state index in [1.807, 2.05) is 6.92 Å². The normalized spacial score (nSPS) is 8.60. The number of aromatic nitrogens is 1. The number of aliphatic hydroxyl groups excluding tert-OH is 1. The van der Waals surface area contributed by atoms with E-state index in [0.29, 0.717) is 11.4 Å². The number of pyridine rings is 1. The molecule has 1 aromatic rings. The number of methoxy groups -OCH3 is 1. The topological polar surface area (TPSA) is 71.5 Å². The minimum Gasteiger partial charge on any atom is -0.480 e. The van der Waals surface area contributed by atoms with Crippen molar-refractivity contribution < 1.29 is 14.6 Å². The second kappa shape index (κ2) is 6.78. The first-order valence-corrected chi connectivity index (χ1v) is 4.36. The summed E-state index contributed by atoms with van der Waals surface area (Å²) in [4.78, 5) is 15.3. The summed E-state index contributed by atoms with van der Waals surface area (Å²) < 4.78 is 4.95. The highest BCUT2D eigenvalue weighted by atomic mass is 16.5. The quantitative estimate of drug-likeness (QED) is 0.742. The molecule has 0 aliphatic rings. The van der Waals surface area contributed by atoms with Crippen molar-refractivity contribution in [3.63, 3.8) is 0 Å². The van der Waals surface area contributed by atoms with Crippen molar-refractivity contribution in [1.82, 2.24) is 10.3 Å². The van der Waals surface area contributed by atoms with Crippen LogP contribution in [-0.2, 0) is 0 Å². The Kier molecular flexibility index (Phi) is 6.05. The van der Waals surface area contributed by atoms with E-state index in [1.165, 1.54) is 7.11 Å².